The van der Waals surface area contributed by atoms with E-state index in [-0.39, 0.29) is 22.9 Å². The Kier molecular flexibility index (Phi) is 5.67. The van der Waals surface area contributed by atoms with Crippen LogP contribution in [-0.4, -0.2) is 31.3 Å². The topological polar surface area (TPSA) is 66.5 Å². The van der Waals surface area contributed by atoms with Gasteiger partial charge in [-0.05, 0) is 56.9 Å². The minimum Gasteiger partial charge on any atom is -0.332 e. The zero-order valence-corrected chi connectivity index (χ0v) is 16.8. The summed E-state index contributed by atoms with van der Waals surface area (Å²) in [6, 6.07) is 14.6. The van der Waals surface area contributed by atoms with Gasteiger partial charge in [-0.25, -0.2) is 13.1 Å². The molecule has 0 aromatic heterocycles. The van der Waals surface area contributed by atoms with Crippen molar-refractivity contribution in [3.63, 3.8) is 0 Å². The molecule has 1 saturated carbocycles. The number of hydrogen-bond acceptors (Lipinski definition) is 3. The monoisotopic (exact) mass is 386 g/mol. The highest BCUT2D eigenvalue weighted by atomic mass is 32.2. The first kappa shape index (κ1) is 19.6. The first-order valence-electron chi connectivity index (χ1n) is 9.26. The predicted molar refractivity (Wildman–Crippen MR) is 106 cm³/mol. The van der Waals surface area contributed by atoms with Gasteiger partial charge in [0.25, 0.3) is 5.91 Å². The van der Waals surface area contributed by atoms with Crippen LogP contribution in [0.5, 0.6) is 0 Å². The molecule has 0 saturated heterocycles. The van der Waals surface area contributed by atoms with Crippen LogP contribution in [0.1, 0.15) is 48.2 Å². The van der Waals surface area contributed by atoms with Gasteiger partial charge in [0.15, 0.2) is 0 Å². The maximum absolute atomic E-state index is 13.2. The van der Waals surface area contributed by atoms with E-state index in [0.29, 0.717) is 12.1 Å². The van der Waals surface area contributed by atoms with Gasteiger partial charge in [-0.3, -0.25) is 4.79 Å². The first-order chi connectivity index (χ1) is 12.8. The summed E-state index contributed by atoms with van der Waals surface area (Å²) >= 11 is 0. The van der Waals surface area contributed by atoms with Crippen LogP contribution in [-0.2, 0) is 16.6 Å². The Bertz CT molecular complexity index is 920. The summed E-state index contributed by atoms with van der Waals surface area (Å²) in [6.45, 7) is 6.24. The number of sulfonamides is 1. The van der Waals surface area contributed by atoms with E-state index in [0.717, 1.165) is 24.0 Å². The molecule has 144 valence electrons. The van der Waals surface area contributed by atoms with Crippen molar-refractivity contribution < 1.29 is 13.2 Å². The SMILES string of the molecule is Cc1ccc(S(=O)(=O)NC2CC2)cc1C(=O)N(Cc1ccccc1)C(C)C. The Morgan fingerprint density at radius 1 is 1.15 bits per heavy atom. The molecule has 1 fully saturated rings. The number of carbonyl (C=O) groups is 1. The number of nitrogens with zero attached hydrogens (tertiary/aromatic N) is 1. The average Bonchev–Trinajstić information content (AvgIpc) is 3.43. The van der Waals surface area contributed by atoms with Crippen molar-refractivity contribution in [3.8, 4) is 0 Å². The van der Waals surface area contributed by atoms with Crippen LogP contribution >= 0.6 is 0 Å². The number of nitrogens with one attached hydrogen (secondary N) is 1. The molecule has 0 spiro atoms. The summed E-state index contributed by atoms with van der Waals surface area (Å²) in [6.07, 6.45) is 1.74. The first-order valence-corrected chi connectivity index (χ1v) is 10.7. The third-order valence-electron chi connectivity index (χ3n) is 4.73. The Morgan fingerprint density at radius 3 is 2.41 bits per heavy atom. The second-order valence-corrected chi connectivity index (χ2v) is 9.10. The highest BCUT2D eigenvalue weighted by Crippen LogP contribution is 2.24. The fourth-order valence-electron chi connectivity index (χ4n) is 2.91. The van der Waals surface area contributed by atoms with Gasteiger partial charge in [-0.15, -0.1) is 0 Å². The summed E-state index contributed by atoms with van der Waals surface area (Å²) < 4.78 is 27.7. The molecule has 0 bridgehead atoms. The molecular weight excluding hydrogens is 360 g/mol. The number of carbonyl (C=O) groups excluding carboxylic acids is 1. The largest absolute Gasteiger partial charge is 0.332 e. The summed E-state index contributed by atoms with van der Waals surface area (Å²) in [5, 5.41) is 0. The standard InChI is InChI=1S/C21H26N2O3S/c1-15(2)23(14-17-7-5-4-6-8-17)21(24)20-13-19(12-9-16(20)3)27(25,26)22-18-10-11-18/h4-9,12-13,15,18,22H,10-11,14H2,1-3H3. The van der Waals surface area contributed by atoms with Gasteiger partial charge in [-0.1, -0.05) is 36.4 Å². The second kappa shape index (κ2) is 7.82. The zero-order valence-electron chi connectivity index (χ0n) is 16.0. The Morgan fingerprint density at radius 2 is 1.81 bits per heavy atom. The minimum atomic E-state index is -3.60. The maximum atomic E-state index is 13.2. The van der Waals surface area contributed by atoms with E-state index in [1.165, 1.54) is 6.07 Å². The summed E-state index contributed by atoms with van der Waals surface area (Å²) in [5.41, 5.74) is 2.23. The normalized spacial score (nSPS) is 14.4. The van der Waals surface area contributed by atoms with Crippen molar-refractivity contribution >= 4 is 15.9 Å². The molecule has 0 heterocycles. The highest BCUT2D eigenvalue weighted by molar-refractivity contribution is 7.89. The quantitative estimate of drug-likeness (QED) is 0.792. The summed E-state index contributed by atoms with van der Waals surface area (Å²) in [7, 11) is -3.60. The molecule has 1 aliphatic rings. The number of aryl methyl sites for hydroxylation is 1. The van der Waals surface area contributed by atoms with Crippen LogP contribution in [0.2, 0.25) is 0 Å². The van der Waals surface area contributed by atoms with Crippen molar-refractivity contribution in [1.29, 1.82) is 0 Å². The van der Waals surface area contributed by atoms with Crippen molar-refractivity contribution in [2.24, 2.45) is 0 Å². The van der Waals surface area contributed by atoms with Gasteiger partial charge in [0.05, 0.1) is 4.90 Å². The lowest BCUT2D eigenvalue weighted by Gasteiger charge is -2.28. The lowest BCUT2D eigenvalue weighted by molar-refractivity contribution is 0.0689. The number of benzene rings is 2. The molecule has 0 atom stereocenters. The van der Waals surface area contributed by atoms with E-state index in [1.54, 1.807) is 17.0 Å². The molecule has 2 aromatic rings. The second-order valence-electron chi connectivity index (χ2n) is 7.38. The van der Waals surface area contributed by atoms with E-state index >= 15 is 0 Å². The van der Waals surface area contributed by atoms with Crippen LogP contribution in [0.4, 0.5) is 0 Å². The van der Waals surface area contributed by atoms with Crippen molar-refractivity contribution in [3.05, 3.63) is 65.2 Å². The molecule has 2 aromatic carbocycles. The zero-order chi connectivity index (χ0) is 19.6. The van der Waals surface area contributed by atoms with Crippen molar-refractivity contribution in [2.75, 3.05) is 0 Å². The van der Waals surface area contributed by atoms with Crippen LogP contribution in [0, 0.1) is 6.92 Å². The maximum Gasteiger partial charge on any atom is 0.254 e. The molecule has 0 unspecified atom stereocenters. The molecule has 1 amide bonds. The highest BCUT2D eigenvalue weighted by Gasteiger charge is 2.29. The van der Waals surface area contributed by atoms with Gasteiger partial charge in [0.2, 0.25) is 10.0 Å². The van der Waals surface area contributed by atoms with E-state index in [1.807, 2.05) is 51.1 Å². The number of rotatable bonds is 7. The van der Waals surface area contributed by atoms with E-state index in [4.69, 9.17) is 0 Å². The Hall–Kier alpha value is -2.18. The molecule has 0 aliphatic heterocycles. The van der Waals surface area contributed by atoms with Crippen molar-refractivity contribution in [1.82, 2.24) is 9.62 Å². The molecule has 5 nitrogen and oxygen atoms in total. The summed E-state index contributed by atoms with van der Waals surface area (Å²) in [4.78, 5) is 15.1. The summed E-state index contributed by atoms with van der Waals surface area (Å²) in [5.74, 6) is -0.158. The van der Waals surface area contributed by atoms with Crippen LogP contribution in [0.25, 0.3) is 0 Å². The average molecular weight is 387 g/mol. The van der Waals surface area contributed by atoms with E-state index in [2.05, 4.69) is 4.72 Å². The lowest BCUT2D eigenvalue weighted by Crippen LogP contribution is -2.37. The van der Waals surface area contributed by atoms with Crippen LogP contribution in [0.15, 0.2) is 53.4 Å². The number of amides is 1. The lowest BCUT2D eigenvalue weighted by atomic mass is 10.1. The fourth-order valence-corrected chi connectivity index (χ4v) is 4.24. The van der Waals surface area contributed by atoms with Crippen LogP contribution in [0.3, 0.4) is 0 Å². The van der Waals surface area contributed by atoms with E-state index in [9.17, 15) is 13.2 Å². The predicted octanol–water partition coefficient (Wildman–Crippen LogP) is 3.49. The molecule has 0 radical (unpaired) electrons. The molecular formula is C21H26N2O3S. The molecule has 27 heavy (non-hydrogen) atoms. The Labute approximate surface area is 161 Å². The molecule has 1 aliphatic carbocycles. The molecule has 6 heteroatoms. The number of hydrogen-bond donors (Lipinski definition) is 1. The third kappa shape index (κ3) is 4.76. The molecule has 3 rings (SSSR count). The van der Waals surface area contributed by atoms with Crippen molar-refractivity contribution in [2.45, 2.75) is 57.1 Å². The molecule has 1 N–H and O–H groups in total. The van der Waals surface area contributed by atoms with Gasteiger partial charge < -0.3 is 4.90 Å². The third-order valence-corrected chi connectivity index (χ3v) is 6.25. The Balaban J connectivity index is 1.90. The fraction of sp³-hybridized carbons (Fsp3) is 0.381. The smallest absolute Gasteiger partial charge is 0.254 e. The van der Waals surface area contributed by atoms with Gasteiger partial charge in [0, 0.05) is 24.2 Å². The van der Waals surface area contributed by atoms with Gasteiger partial charge >= 0.3 is 0 Å². The van der Waals surface area contributed by atoms with Gasteiger partial charge in [-0.2, -0.15) is 0 Å². The van der Waals surface area contributed by atoms with E-state index < -0.39 is 10.0 Å². The van der Waals surface area contributed by atoms with Gasteiger partial charge in [0.1, 0.15) is 0 Å². The van der Waals surface area contributed by atoms with Crippen LogP contribution < -0.4 is 4.72 Å². The minimum absolute atomic E-state index is 0.0121.